The Hall–Kier alpha value is -0.370. The zero-order valence-corrected chi connectivity index (χ0v) is 14.5. The molecule has 0 aromatic rings. The van der Waals surface area contributed by atoms with E-state index in [2.05, 4.69) is 22.6 Å². The van der Waals surface area contributed by atoms with Crippen molar-refractivity contribution in [2.75, 3.05) is 6.61 Å². The van der Waals surface area contributed by atoms with Gasteiger partial charge < -0.3 is 9.47 Å². The van der Waals surface area contributed by atoms with E-state index < -0.39 is 6.09 Å². The van der Waals surface area contributed by atoms with Crippen LogP contribution in [-0.2, 0) is 14.3 Å². The summed E-state index contributed by atoms with van der Waals surface area (Å²) in [6.07, 6.45) is 0.188. The summed E-state index contributed by atoms with van der Waals surface area (Å²) in [5.41, 5.74) is 0. The maximum Gasteiger partial charge on any atom is 0.416 e. The van der Waals surface area contributed by atoms with Gasteiger partial charge in [0.15, 0.2) is 0 Å². The number of imide groups is 1. The average molecular weight is 395 g/mol. The van der Waals surface area contributed by atoms with Crippen molar-refractivity contribution in [3.63, 3.8) is 0 Å². The van der Waals surface area contributed by atoms with E-state index in [1.54, 1.807) is 0 Å². The van der Waals surface area contributed by atoms with Gasteiger partial charge in [-0.1, -0.05) is 43.4 Å². The summed E-state index contributed by atoms with van der Waals surface area (Å²) in [5.74, 6) is -0.206. The van der Waals surface area contributed by atoms with Crippen LogP contribution in [0.1, 0.15) is 34.1 Å². The molecule has 0 aromatic heterocycles. The van der Waals surface area contributed by atoms with Gasteiger partial charge in [0, 0.05) is 0 Å². The van der Waals surface area contributed by atoms with Crippen LogP contribution in [0.3, 0.4) is 0 Å². The molecule has 2 rings (SSSR count). The molecule has 0 aliphatic carbocycles. The van der Waals surface area contributed by atoms with Gasteiger partial charge in [0.1, 0.15) is 6.61 Å². The maximum absolute atomic E-state index is 12.8. The predicted molar refractivity (Wildman–Crippen MR) is 82.7 cm³/mol. The lowest BCUT2D eigenvalue weighted by molar-refractivity contribution is -0.135. The molecule has 20 heavy (non-hydrogen) atoms. The topological polar surface area (TPSA) is 55.8 Å². The Morgan fingerprint density at radius 2 is 2.15 bits per heavy atom. The summed E-state index contributed by atoms with van der Waals surface area (Å²) in [5, 5.41) is 0. The molecular formula is C14H22INO4. The lowest BCUT2D eigenvalue weighted by atomic mass is 9.94. The summed E-state index contributed by atoms with van der Waals surface area (Å²) in [6, 6.07) is -0.160. The van der Waals surface area contributed by atoms with Crippen molar-refractivity contribution in [2.24, 2.45) is 11.8 Å². The highest BCUT2D eigenvalue weighted by Crippen LogP contribution is 2.37. The molecule has 114 valence electrons. The van der Waals surface area contributed by atoms with Crippen LogP contribution in [0.2, 0.25) is 0 Å². The Morgan fingerprint density at radius 1 is 1.50 bits per heavy atom. The minimum atomic E-state index is -0.508. The van der Waals surface area contributed by atoms with E-state index in [0.717, 1.165) is 6.42 Å². The highest BCUT2D eigenvalue weighted by Gasteiger charge is 2.50. The van der Waals surface area contributed by atoms with Crippen molar-refractivity contribution in [1.82, 2.24) is 4.90 Å². The highest BCUT2D eigenvalue weighted by molar-refractivity contribution is 14.1. The molecule has 2 amide bonds. The molecule has 6 heteroatoms. The molecule has 0 spiro atoms. The SMILES string of the molecule is CC[C@H]1OC(C)[C@@H](I)[C@@H]1C(=O)N1C(=O)OC[C@@H]1C(C)C. The van der Waals surface area contributed by atoms with Crippen molar-refractivity contribution >= 4 is 34.6 Å². The monoisotopic (exact) mass is 395 g/mol. The maximum atomic E-state index is 12.8. The Balaban J connectivity index is 2.23. The summed E-state index contributed by atoms with van der Waals surface area (Å²) in [6.45, 7) is 8.29. The Bertz CT molecular complexity index is 401. The van der Waals surface area contributed by atoms with E-state index in [9.17, 15) is 9.59 Å². The summed E-state index contributed by atoms with van der Waals surface area (Å²) >= 11 is 2.27. The highest BCUT2D eigenvalue weighted by atomic mass is 127. The molecule has 0 saturated carbocycles. The first-order chi connectivity index (χ1) is 9.38. The van der Waals surface area contributed by atoms with Crippen molar-refractivity contribution in [3.05, 3.63) is 0 Å². The summed E-state index contributed by atoms with van der Waals surface area (Å²) in [7, 11) is 0. The van der Waals surface area contributed by atoms with Crippen LogP contribution in [-0.4, -0.2) is 45.7 Å². The van der Waals surface area contributed by atoms with Crippen molar-refractivity contribution < 1.29 is 19.1 Å². The number of hydrogen-bond acceptors (Lipinski definition) is 4. The van der Waals surface area contributed by atoms with Crippen LogP contribution in [0.15, 0.2) is 0 Å². The minimum absolute atomic E-state index is 0.0330. The summed E-state index contributed by atoms with van der Waals surface area (Å²) in [4.78, 5) is 26.1. The van der Waals surface area contributed by atoms with Crippen molar-refractivity contribution in [1.29, 1.82) is 0 Å². The first kappa shape index (κ1) is 16.0. The number of ether oxygens (including phenoxy) is 2. The second-order valence-corrected chi connectivity index (χ2v) is 7.29. The molecule has 1 unspecified atom stereocenters. The predicted octanol–water partition coefficient (Wildman–Crippen LogP) is 2.61. The zero-order chi connectivity index (χ0) is 15.0. The van der Waals surface area contributed by atoms with Gasteiger partial charge in [0.25, 0.3) is 0 Å². The Morgan fingerprint density at radius 3 is 2.70 bits per heavy atom. The van der Waals surface area contributed by atoms with Gasteiger partial charge in [-0.15, -0.1) is 0 Å². The van der Waals surface area contributed by atoms with Crippen molar-refractivity contribution in [3.8, 4) is 0 Å². The number of cyclic esters (lactones) is 1. The molecule has 0 N–H and O–H groups in total. The van der Waals surface area contributed by atoms with Gasteiger partial charge in [0.2, 0.25) is 5.91 Å². The number of carbonyl (C=O) groups is 2. The van der Waals surface area contributed by atoms with E-state index in [0.29, 0.717) is 6.61 Å². The number of carbonyl (C=O) groups excluding carboxylic acids is 2. The first-order valence-electron chi connectivity index (χ1n) is 7.17. The van der Waals surface area contributed by atoms with Crippen LogP contribution in [0.25, 0.3) is 0 Å². The van der Waals surface area contributed by atoms with Gasteiger partial charge in [-0.05, 0) is 19.3 Å². The average Bonchev–Trinajstić information content (AvgIpc) is 2.91. The molecule has 2 fully saturated rings. The first-order valence-corrected chi connectivity index (χ1v) is 8.42. The Kier molecular flexibility index (Phi) is 4.94. The summed E-state index contributed by atoms with van der Waals surface area (Å²) < 4.78 is 11.0. The largest absolute Gasteiger partial charge is 0.447 e. The van der Waals surface area contributed by atoms with Gasteiger partial charge in [0.05, 0.1) is 28.1 Å². The third-order valence-corrected chi connectivity index (χ3v) is 5.97. The second-order valence-electron chi connectivity index (χ2n) is 5.85. The second kappa shape index (κ2) is 6.17. The van der Waals surface area contributed by atoms with E-state index in [1.165, 1.54) is 4.90 Å². The van der Waals surface area contributed by atoms with Gasteiger partial charge in [-0.3, -0.25) is 4.79 Å². The lowest BCUT2D eigenvalue weighted by Gasteiger charge is -2.27. The van der Waals surface area contributed by atoms with Crippen LogP contribution in [0, 0.1) is 11.8 Å². The van der Waals surface area contributed by atoms with Gasteiger partial charge in [-0.2, -0.15) is 0 Å². The van der Waals surface area contributed by atoms with E-state index in [-0.39, 0.29) is 39.9 Å². The molecule has 2 heterocycles. The van der Waals surface area contributed by atoms with E-state index >= 15 is 0 Å². The molecular weight excluding hydrogens is 373 g/mol. The molecule has 2 aliphatic heterocycles. The molecule has 2 saturated heterocycles. The molecule has 0 aromatic carbocycles. The van der Waals surface area contributed by atoms with E-state index in [1.807, 2.05) is 27.7 Å². The van der Waals surface area contributed by atoms with Crippen LogP contribution in [0.5, 0.6) is 0 Å². The van der Waals surface area contributed by atoms with Gasteiger partial charge in [-0.25, -0.2) is 9.69 Å². The third-order valence-electron chi connectivity index (χ3n) is 4.18. The number of alkyl halides is 1. The normalized spacial score (nSPS) is 37.6. The number of rotatable bonds is 3. The van der Waals surface area contributed by atoms with Crippen molar-refractivity contribution in [2.45, 2.75) is 56.3 Å². The van der Waals surface area contributed by atoms with Crippen LogP contribution < -0.4 is 0 Å². The standard InChI is InChI=1S/C14H22INO4/c1-5-10-11(12(15)8(4)20-10)13(17)16-9(7(2)3)6-19-14(16)18/h7-12H,5-6H2,1-4H3/t8?,9-,10-,11-,12-/m1/s1. The zero-order valence-electron chi connectivity index (χ0n) is 12.3. The number of amides is 2. The van der Waals surface area contributed by atoms with Crippen LogP contribution in [0.4, 0.5) is 4.79 Å². The molecule has 5 atom stereocenters. The third kappa shape index (κ3) is 2.68. The number of hydrogen-bond donors (Lipinski definition) is 0. The fourth-order valence-electron chi connectivity index (χ4n) is 2.92. The molecule has 5 nitrogen and oxygen atoms in total. The smallest absolute Gasteiger partial charge is 0.416 e. The minimum Gasteiger partial charge on any atom is -0.447 e. The molecule has 2 aliphatic rings. The lowest BCUT2D eigenvalue weighted by Crippen LogP contribution is -2.48. The molecule has 0 bridgehead atoms. The number of nitrogens with zero attached hydrogens (tertiary/aromatic N) is 1. The van der Waals surface area contributed by atoms with Gasteiger partial charge >= 0.3 is 6.09 Å². The fraction of sp³-hybridized carbons (Fsp3) is 0.857. The number of halogens is 1. The Labute approximate surface area is 133 Å². The quantitative estimate of drug-likeness (QED) is 0.545. The van der Waals surface area contributed by atoms with Crippen LogP contribution >= 0.6 is 22.6 Å². The fourth-order valence-corrected chi connectivity index (χ4v) is 3.86. The molecule has 0 radical (unpaired) electrons. The van der Waals surface area contributed by atoms with E-state index in [4.69, 9.17) is 9.47 Å².